The van der Waals surface area contributed by atoms with Gasteiger partial charge in [-0.25, -0.2) is 0 Å². The molecule has 4 nitrogen and oxygen atoms in total. The summed E-state index contributed by atoms with van der Waals surface area (Å²) >= 11 is 6.20. The van der Waals surface area contributed by atoms with Crippen LogP contribution in [0.3, 0.4) is 0 Å². The predicted octanol–water partition coefficient (Wildman–Crippen LogP) is 6.17. The highest BCUT2D eigenvalue weighted by molar-refractivity contribution is 6.31. The summed E-state index contributed by atoms with van der Waals surface area (Å²) in [6, 6.07) is 13.6. The van der Waals surface area contributed by atoms with Gasteiger partial charge in [0, 0.05) is 35.0 Å². The number of benzene rings is 2. The quantitative estimate of drug-likeness (QED) is 0.575. The van der Waals surface area contributed by atoms with Crippen LogP contribution in [0.4, 0.5) is 0 Å². The van der Waals surface area contributed by atoms with Crippen LogP contribution < -0.4 is 4.74 Å². The highest BCUT2D eigenvalue weighted by atomic mass is 35.5. The van der Waals surface area contributed by atoms with Gasteiger partial charge in [-0.15, -0.1) is 0 Å². The highest BCUT2D eigenvalue weighted by Gasteiger charge is 2.66. The van der Waals surface area contributed by atoms with E-state index in [9.17, 15) is 4.79 Å². The Morgan fingerprint density at radius 3 is 2.39 bits per heavy atom. The number of amides is 1. The SMILES string of the molecule is CC(C)c1ccc2c(c1)C(=O)N([C@H]1C(C)(C)[C@H](Oc3ccc(C#N)c(Cl)c3)C1(C)C)C2. The van der Waals surface area contributed by atoms with E-state index in [0.29, 0.717) is 28.8 Å². The van der Waals surface area contributed by atoms with Crippen LogP contribution in [0.2, 0.25) is 5.02 Å². The molecule has 0 saturated heterocycles. The molecule has 1 fully saturated rings. The molecule has 0 aromatic heterocycles. The number of ether oxygens (including phenoxy) is 1. The van der Waals surface area contributed by atoms with Crippen molar-refractivity contribution in [2.24, 2.45) is 10.8 Å². The predicted molar refractivity (Wildman–Crippen MR) is 122 cm³/mol. The fraction of sp³-hybridized carbons (Fsp3) is 0.462. The largest absolute Gasteiger partial charge is 0.489 e. The second kappa shape index (κ2) is 7.28. The third kappa shape index (κ3) is 3.31. The van der Waals surface area contributed by atoms with Gasteiger partial charge in [-0.1, -0.05) is 65.3 Å². The smallest absolute Gasteiger partial charge is 0.254 e. The van der Waals surface area contributed by atoms with Crippen LogP contribution in [0.5, 0.6) is 5.75 Å². The molecule has 31 heavy (non-hydrogen) atoms. The average Bonchev–Trinajstić information content (AvgIpc) is 3.00. The van der Waals surface area contributed by atoms with Gasteiger partial charge < -0.3 is 9.64 Å². The fourth-order valence-electron chi connectivity index (χ4n) is 5.92. The van der Waals surface area contributed by atoms with E-state index in [0.717, 1.165) is 11.1 Å². The summed E-state index contributed by atoms with van der Waals surface area (Å²) in [5.74, 6) is 1.15. The van der Waals surface area contributed by atoms with Crippen LogP contribution in [0, 0.1) is 22.2 Å². The second-order valence-electron chi connectivity index (χ2n) is 10.3. The van der Waals surface area contributed by atoms with Crippen molar-refractivity contribution in [1.29, 1.82) is 5.26 Å². The summed E-state index contributed by atoms with van der Waals surface area (Å²) in [6.45, 7) is 13.6. The van der Waals surface area contributed by atoms with Crippen LogP contribution in [0.15, 0.2) is 36.4 Å². The first-order valence-electron chi connectivity index (χ1n) is 10.8. The van der Waals surface area contributed by atoms with Crippen LogP contribution in [0.25, 0.3) is 0 Å². The number of fused-ring (bicyclic) bond motifs is 1. The summed E-state index contributed by atoms with van der Waals surface area (Å²) < 4.78 is 6.38. The van der Waals surface area contributed by atoms with E-state index in [2.05, 4.69) is 65.8 Å². The van der Waals surface area contributed by atoms with Gasteiger partial charge in [-0.3, -0.25) is 4.79 Å². The Morgan fingerprint density at radius 1 is 1.13 bits per heavy atom. The molecule has 162 valence electrons. The van der Waals surface area contributed by atoms with Crippen molar-refractivity contribution in [3.63, 3.8) is 0 Å². The summed E-state index contributed by atoms with van der Waals surface area (Å²) in [5.41, 5.74) is 3.07. The molecule has 2 aromatic carbocycles. The Kier molecular flexibility index (Phi) is 5.10. The van der Waals surface area contributed by atoms with Crippen molar-refractivity contribution in [2.75, 3.05) is 0 Å². The Hall–Kier alpha value is -2.51. The molecule has 0 N–H and O–H groups in total. The number of halogens is 1. The molecule has 4 rings (SSSR count). The maximum atomic E-state index is 13.4. The van der Waals surface area contributed by atoms with Gasteiger partial charge in [0.1, 0.15) is 17.9 Å². The molecule has 1 aliphatic heterocycles. The molecule has 1 heterocycles. The minimum atomic E-state index is -0.248. The number of nitrogens with zero attached hydrogens (tertiary/aromatic N) is 2. The van der Waals surface area contributed by atoms with E-state index in [-0.39, 0.29) is 28.9 Å². The second-order valence-corrected chi connectivity index (χ2v) is 10.7. The van der Waals surface area contributed by atoms with E-state index >= 15 is 0 Å². The number of carbonyl (C=O) groups is 1. The van der Waals surface area contributed by atoms with E-state index in [1.807, 2.05) is 4.90 Å². The fourth-order valence-corrected chi connectivity index (χ4v) is 6.13. The van der Waals surface area contributed by atoms with Crippen LogP contribution in [-0.2, 0) is 6.54 Å². The minimum absolute atomic E-state index is 0.0428. The van der Waals surface area contributed by atoms with Gasteiger partial charge in [-0.05, 0) is 35.2 Å². The number of rotatable bonds is 4. The molecule has 0 bridgehead atoms. The van der Waals surface area contributed by atoms with Gasteiger partial charge in [-0.2, -0.15) is 5.26 Å². The zero-order valence-corrected chi connectivity index (χ0v) is 19.7. The Bertz CT molecular complexity index is 1080. The number of hydrogen-bond donors (Lipinski definition) is 0. The average molecular weight is 437 g/mol. The van der Waals surface area contributed by atoms with Gasteiger partial charge in [0.05, 0.1) is 10.6 Å². The molecule has 1 aliphatic carbocycles. The zero-order valence-electron chi connectivity index (χ0n) is 19.0. The Labute approximate surface area is 189 Å². The lowest BCUT2D eigenvalue weighted by molar-refractivity contribution is -0.199. The molecular weight excluding hydrogens is 408 g/mol. The molecule has 0 atom stereocenters. The van der Waals surface area contributed by atoms with Crippen LogP contribution in [0.1, 0.15) is 74.5 Å². The number of hydrogen-bond acceptors (Lipinski definition) is 3. The number of carbonyl (C=O) groups excluding carboxylic acids is 1. The van der Waals surface area contributed by atoms with E-state index < -0.39 is 0 Å². The van der Waals surface area contributed by atoms with E-state index in [1.165, 1.54) is 5.56 Å². The molecule has 2 aliphatic rings. The maximum Gasteiger partial charge on any atom is 0.254 e. The van der Waals surface area contributed by atoms with Crippen molar-refractivity contribution in [3.05, 3.63) is 63.7 Å². The van der Waals surface area contributed by atoms with Gasteiger partial charge in [0.15, 0.2) is 0 Å². The lowest BCUT2D eigenvalue weighted by Crippen LogP contribution is -2.74. The summed E-state index contributed by atoms with van der Waals surface area (Å²) in [5, 5.41) is 9.49. The molecule has 0 radical (unpaired) electrons. The van der Waals surface area contributed by atoms with Crippen LogP contribution >= 0.6 is 11.6 Å². The topological polar surface area (TPSA) is 53.3 Å². The molecule has 2 aromatic rings. The lowest BCUT2D eigenvalue weighted by atomic mass is 9.49. The van der Waals surface area contributed by atoms with Crippen molar-refractivity contribution in [1.82, 2.24) is 4.90 Å². The first kappa shape index (κ1) is 21.7. The van der Waals surface area contributed by atoms with E-state index in [1.54, 1.807) is 18.2 Å². The third-order valence-corrected chi connectivity index (χ3v) is 7.33. The van der Waals surface area contributed by atoms with Gasteiger partial charge >= 0.3 is 0 Å². The van der Waals surface area contributed by atoms with Gasteiger partial charge in [0.2, 0.25) is 0 Å². The lowest BCUT2D eigenvalue weighted by Gasteiger charge is -2.65. The van der Waals surface area contributed by atoms with Gasteiger partial charge in [0.25, 0.3) is 5.91 Å². The highest BCUT2D eigenvalue weighted by Crippen LogP contribution is 2.59. The van der Waals surface area contributed by atoms with Crippen molar-refractivity contribution in [2.45, 2.75) is 66.2 Å². The summed E-state index contributed by atoms with van der Waals surface area (Å²) in [6.07, 6.45) is -0.100. The standard InChI is InChI=1S/C26H29ClN2O2/c1-15(2)16-7-8-18-14-29(22(30)20(18)11-16)23-25(3,4)24(26(23,5)6)31-19-10-9-17(13-28)21(27)12-19/h7-12,15,23-24H,14H2,1-6H3/t23-,24-. The molecule has 1 saturated carbocycles. The molecule has 0 spiro atoms. The normalized spacial score (nSPS) is 23.3. The maximum absolute atomic E-state index is 13.4. The van der Waals surface area contributed by atoms with Crippen molar-refractivity contribution in [3.8, 4) is 11.8 Å². The Balaban J connectivity index is 1.59. The monoisotopic (exact) mass is 436 g/mol. The number of nitriles is 1. The molecule has 1 amide bonds. The van der Waals surface area contributed by atoms with Crippen LogP contribution in [-0.4, -0.2) is 23.0 Å². The molecular formula is C26H29ClN2O2. The first-order chi connectivity index (χ1) is 14.5. The van der Waals surface area contributed by atoms with Crippen molar-refractivity contribution < 1.29 is 9.53 Å². The minimum Gasteiger partial charge on any atom is -0.489 e. The molecule has 0 unspecified atom stereocenters. The zero-order chi connectivity index (χ0) is 22.7. The first-order valence-corrected chi connectivity index (χ1v) is 11.2. The summed E-state index contributed by atoms with van der Waals surface area (Å²) in [7, 11) is 0. The summed E-state index contributed by atoms with van der Waals surface area (Å²) in [4.78, 5) is 15.4. The Morgan fingerprint density at radius 2 is 1.81 bits per heavy atom. The van der Waals surface area contributed by atoms with E-state index in [4.69, 9.17) is 21.6 Å². The van der Waals surface area contributed by atoms with Crippen molar-refractivity contribution >= 4 is 17.5 Å². The third-order valence-electron chi connectivity index (χ3n) is 7.02. The molecule has 5 heteroatoms.